The van der Waals surface area contributed by atoms with Gasteiger partial charge in [0, 0.05) is 11.5 Å². The summed E-state index contributed by atoms with van der Waals surface area (Å²) in [6, 6.07) is 3.59. The number of halogens is 1. The second-order valence-corrected chi connectivity index (χ2v) is 4.35. The molecule has 19 heavy (non-hydrogen) atoms. The first-order valence-electron chi connectivity index (χ1n) is 5.58. The number of aryl methyl sites for hydroxylation is 1. The van der Waals surface area contributed by atoms with Gasteiger partial charge >= 0.3 is 0 Å². The van der Waals surface area contributed by atoms with Crippen molar-refractivity contribution < 1.29 is 9.47 Å². The zero-order valence-corrected chi connectivity index (χ0v) is 11.4. The van der Waals surface area contributed by atoms with Crippen LogP contribution in [0.2, 0.25) is 5.28 Å². The topological polar surface area (TPSA) is 61.5 Å². The summed E-state index contributed by atoms with van der Waals surface area (Å²) in [4.78, 5) is 4.33. The Morgan fingerprint density at radius 3 is 2.47 bits per heavy atom. The average Bonchev–Trinajstić information content (AvgIpc) is 2.80. The molecule has 0 aliphatic rings. The number of rotatable bonds is 2. The minimum Gasteiger partial charge on any atom is -0.493 e. The van der Waals surface area contributed by atoms with Gasteiger partial charge in [0.05, 0.1) is 19.7 Å². The first-order valence-corrected chi connectivity index (χ1v) is 5.96. The van der Waals surface area contributed by atoms with Crippen LogP contribution in [0.4, 0.5) is 0 Å². The molecular formula is C12H11ClN4O2. The van der Waals surface area contributed by atoms with E-state index in [0.29, 0.717) is 33.8 Å². The molecule has 0 saturated carbocycles. The Bertz CT molecular complexity index is 784. The van der Waals surface area contributed by atoms with Gasteiger partial charge < -0.3 is 9.47 Å². The summed E-state index contributed by atoms with van der Waals surface area (Å²) in [7, 11) is 3.16. The van der Waals surface area contributed by atoms with Crippen molar-refractivity contribution in [2.45, 2.75) is 6.92 Å². The van der Waals surface area contributed by atoms with Crippen LogP contribution in [-0.2, 0) is 0 Å². The highest BCUT2D eigenvalue weighted by Gasteiger charge is 2.14. The average molecular weight is 279 g/mol. The standard InChI is InChI=1S/C12H11ClN4O2/c1-6-15-16-11-7-4-9(18-2)10(19-3)5-8(7)14-12(13)17(6)11/h4-5H,1-3H3. The molecule has 0 fully saturated rings. The molecule has 0 radical (unpaired) electrons. The van der Waals surface area contributed by atoms with E-state index in [1.54, 1.807) is 24.7 Å². The lowest BCUT2D eigenvalue weighted by atomic mass is 10.2. The zero-order chi connectivity index (χ0) is 13.6. The Labute approximate surface area is 113 Å². The van der Waals surface area contributed by atoms with E-state index >= 15 is 0 Å². The van der Waals surface area contributed by atoms with E-state index in [2.05, 4.69) is 15.2 Å². The van der Waals surface area contributed by atoms with Gasteiger partial charge in [0.2, 0.25) is 5.28 Å². The number of ether oxygens (including phenoxy) is 2. The van der Waals surface area contributed by atoms with Crippen LogP contribution in [0.25, 0.3) is 16.6 Å². The lowest BCUT2D eigenvalue weighted by Crippen LogP contribution is -1.97. The molecule has 0 spiro atoms. The van der Waals surface area contributed by atoms with E-state index in [1.165, 1.54) is 0 Å². The lowest BCUT2D eigenvalue weighted by Gasteiger charge is -2.09. The molecule has 98 valence electrons. The summed E-state index contributed by atoms with van der Waals surface area (Å²) in [5, 5.41) is 9.28. The number of nitrogens with zero attached hydrogens (tertiary/aromatic N) is 4. The van der Waals surface area contributed by atoms with Crippen molar-refractivity contribution in [3.63, 3.8) is 0 Å². The van der Waals surface area contributed by atoms with Crippen LogP contribution in [0.1, 0.15) is 5.82 Å². The number of hydrogen-bond acceptors (Lipinski definition) is 5. The van der Waals surface area contributed by atoms with Crippen molar-refractivity contribution in [1.29, 1.82) is 0 Å². The third-order valence-corrected chi connectivity index (χ3v) is 3.22. The van der Waals surface area contributed by atoms with Gasteiger partial charge in [-0.2, -0.15) is 0 Å². The highest BCUT2D eigenvalue weighted by Crippen LogP contribution is 2.33. The summed E-state index contributed by atoms with van der Waals surface area (Å²) < 4.78 is 12.2. The van der Waals surface area contributed by atoms with Crippen molar-refractivity contribution >= 4 is 28.2 Å². The van der Waals surface area contributed by atoms with Crippen molar-refractivity contribution in [3.05, 3.63) is 23.2 Å². The molecule has 1 aromatic carbocycles. The van der Waals surface area contributed by atoms with E-state index in [-0.39, 0.29) is 0 Å². The van der Waals surface area contributed by atoms with Crippen LogP contribution in [0.15, 0.2) is 12.1 Å². The number of methoxy groups -OCH3 is 2. The van der Waals surface area contributed by atoms with E-state index in [1.807, 2.05) is 13.0 Å². The first-order chi connectivity index (χ1) is 9.15. The maximum absolute atomic E-state index is 6.15. The summed E-state index contributed by atoms with van der Waals surface area (Å²) in [6.45, 7) is 1.82. The summed E-state index contributed by atoms with van der Waals surface area (Å²) in [5.74, 6) is 1.89. The van der Waals surface area contributed by atoms with Gasteiger partial charge in [-0.25, -0.2) is 4.98 Å². The van der Waals surface area contributed by atoms with Gasteiger partial charge in [0.1, 0.15) is 5.82 Å². The summed E-state index contributed by atoms with van der Waals surface area (Å²) in [5.41, 5.74) is 1.33. The monoisotopic (exact) mass is 278 g/mol. The Kier molecular flexibility index (Phi) is 2.67. The number of fused-ring (bicyclic) bond motifs is 3. The second-order valence-electron chi connectivity index (χ2n) is 4.01. The summed E-state index contributed by atoms with van der Waals surface area (Å²) in [6.07, 6.45) is 0. The predicted molar refractivity (Wildman–Crippen MR) is 71.1 cm³/mol. The molecule has 0 atom stereocenters. The fraction of sp³-hybridized carbons (Fsp3) is 0.250. The maximum atomic E-state index is 6.15. The molecule has 0 aliphatic carbocycles. The molecule has 3 aromatic rings. The SMILES string of the molecule is COc1cc2nc(Cl)n3c(C)nnc3c2cc1OC. The molecule has 0 bridgehead atoms. The molecule has 0 aliphatic heterocycles. The molecule has 2 aromatic heterocycles. The molecule has 0 amide bonds. The van der Waals surface area contributed by atoms with Crippen LogP contribution in [0, 0.1) is 6.92 Å². The Balaban J connectivity index is 2.48. The second kappa shape index (κ2) is 4.24. The fourth-order valence-corrected chi connectivity index (χ4v) is 2.34. The van der Waals surface area contributed by atoms with Gasteiger partial charge in [-0.15, -0.1) is 10.2 Å². The van der Waals surface area contributed by atoms with Gasteiger partial charge in [-0.3, -0.25) is 4.40 Å². The Hall–Kier alpha value is -2.08. The van der Waals surface area contributed by atoms with Crippen LogP contribution >= 0.6 is 11.6 Å². The highest BCUT2D eigenvalue weighted by molar-refractivity contribution is 6.29. The molecule has 0 unspecified atom stereocenters. The number of benzene rings is 1. The molecule has 0 saturated heterocycles. The minimum atomic E-state index is 0.317. The molecular weight excluding hydrogens is 268 g/mol. The van der Waals surface area contributed by atoms with E-state index < -0.39 is 0 Å². The van der Waals surface area contributed by atoms with Gasteiger partial charge in [0.25, 0.3) is 0 Å². The van der Waals surface area contributed by atoms with Gasteiger partial charge in [0.15, 0.2) is 17.1 Å². The molecule has 6 nitrogen and oxygen atoms in total. The Morgan fingerprint density at radius 1 is 1.11 bits per heavy atom. The van der Waals surface area contributed by atoms with Crippen LogP contribution in [-0.4, -0.2) is 33.8 Å². The van der Waals surface area contributed by atoms with Crippen LogP contribution in [0.5, 0.6) is 11.5 Å². The molecule has 2 heterocycles. The minimum absolute atomic E-state index is 0.317. The first kappa shape index (κ1) is 12.0. The zero-order valence-electron chi connectivity index (χ0n) is 10.6. The highest BCUT2D eigenvalue weighted by atomic mass is 35.5. The van der Waals surface area contributed by atoms with E-state index in [9.17, 15) is 0 Å². The molecule has 0 N–H and O–H groups in total. The number of hydrogen-bond donors (Lipinski definition) is 0. The van der Waals surface area contributed by atoms with Crippen molar-refractivity contribution in [2.24, 2.45) is 0 Å². The Morgan fingerprint density at radius 2 is 1.79 bits per heavy atom. The molecule has 3 rings (SSSR count). The van der Waals surface area contributed by atoms with Gasteiger partial charge in [-0.05, 0) is 24.6 Å². The molecule has 7 heteroatoms. The van der Waals surface area contributed by atoms with Crippen LogP contribution in [0.3, 0.4) is 0 Å². The van der Waals surface area contributed by atoms with Gasteiger partial charge in [-0.1, -0.05) is 0 Å². The maximum Gasteiger partial charge on any atom is 0.210 e. The third kappa shape index (κ3) is 1.67. The quantitative estimate of drug-likeness (QED) is 0.673. The van der Waals surface area contributed by atoms with Crippen molar-refractivity contribution in [2.75, 3.05) is 14.2 Å². The van der Waals surface area contributed by atoms with Crippen molar-refractivity contribution in [3.8, 4) is 11.5 Å². The van der Waals surface area contributed by atoms with Crippen molar-refractivity contribution in [1.82, 2.24) is 19.6 Å². The number of aromatic nitrogens is 4. The fourth-order valence-electron chi connectivity index (χ4n) is 2.05. The largest absolute Gasteiger partial charge is 0.493 e. The smallest absolute Gasteiger partial charge is 0.210 e. The third-order valence-electron chi connectivity index (χ3n) is 2.96. The van der Waals surface area contributed by atoms with E-state index in [0.717, 1.165) is 5.39 Å². The normalized spacial score (nSPS) is 11.2. The lowest BCUT2D eigenvalue weighted by molar-refractivity contribution is 0.356. The van der Waals surface area contributed by atoms with E-state index in [4.69, 9.17) is 21.1 Å². The predicted octanol–water partition coefficient (Wildman–Crippen LogP) is 2.26. The summed E-state index contributed by atoms with van der Waals surface area (Å²) >= 11 is 6.15. The van der Waals surface area contributed by atoms with Crippen LogP contribution < -0.4 is 9.47 Å².